The Labute approximate surface area is 138 Å². The van der Waals surface area contributed by atoms with Gasteiger partial charge in [0.1, 0.15) is 11.6 Å². The van der Waals surface area contributed by atoms with Gasteiger partial charge in [-0.3, -0.25) is 10.1 Å². The smallest absolute Gasteiger partial charge is 0.414 e. The summed E-state index contributed by atoms with van der Waals surface area (Å²) in [5.74, 6) is -0.838. The molecular formula is C15H14Cl2N2O3. The Bertz CT molecular complexity index is 636. The quantitative estimate of drug-likeness (QED) is 0.500. The summed E-state index contributed by atoms with van der Waals surface area (Å²) in [5.41, 5.74) is 0.270. The van der Waals surface area contributed by atoms with Crippen LogP contribution in [0.3, 0.4) is 0 Å². The highest BCUT2D eigenvalue weighted by Gasteiger charge is 2.14. The number of amides is 2. The molecule has 5 nitrogen and oxygen atoms in total. The van der Waals surface area contributed by atoms with Gasteiger partial charge in [0.2, 0.25) is 0 Å². The molecule has 1 aromatic carbocycles. The number of carbonyl (C=O) groups excluding carboxylic acids is 2. The van der Waals surface area contributed by atoms with Crippen LogP contribution in [0, 0.1) is 11.3 Å². The van der Waals surface area contributed by atoms with Gasteiger partial charge in [-0.2, -0.15) is 5.26 Å². The lowest BCUT2D eigenvalue weighted by atomic mass is 10.1. The SMILES string of the molecule is CCCCOC(=O)NC(=O)/C(C#N)=C/c1ccc(Cl)c(Cl)c1. The van der Waals surface area contributed by atoms with Gasteiger partial charge < -0.3 is 4.74 Å². The Hall–Kier alpha value is -2.03. The van der Waals surface area contributed by atoms with Gasteiger partial charge in [0.15, 0.2) is 0 Å². The van der Waals surface area contributed by atoms with Gasteiger partial charge >= 0.3 is 6.09 Å². The van der Waals surface area contributed by atoms with Crippen LogP contribution in [0.25, 0.3) is 6.08 Å². The Morgan fingerprint density at radius 2 is 2.09 bits per heavy atom. The molecular weight excluding hydrogens is 327 g/mol. The molecule has 2 amide bonds. The molecule has 0 atom stereocenters. The first kappa shape index (κ1) is 18.0. The van der Waals surface area contributed by atoms with Crippen molar-refractivity contribution < 1.29 is 14.3 Å². The van der Waals surface area contributed by atoms with Crippen LogP contribution in [0.1, 0.15) is 25.3 Å². The predicted molar refractivity (Wildman–Crippen MR) is 84.5 cm³/mol. The van der Waals surface area contributed by atoms with Gasteiger partial charge in [-0.05, 0) is 30.2 Å². The van der Waals surface area contributed by atoms with Crippen LogP contribution >= 0.6 is 23.2 Å². The Morgan fingerprint density at radius 3 is 2.68 bits per heavy atom. The molecule has 0 saturated heterocycles. The molecule has 7 heteroatoms. The molecule has 0 radical (unpaired) electrons. The van der Waals surface area contributed by atoms with Crippen molar-refractivity contribution >= 4 is 41.3 Å². The number of nitriles is 1. The zero-order valence-corrected chi connectivity index (χ0v) is 13.4. The van der Waals surface area contributed by atoms with Gasteiger partial charge in [0.25, 0.3) is 5.91 Å². The fourth-order valence-corrected chi connectivity index (χ4v) is 1.73. The summed E-state index contributed by atoms with van der Waals surface area (Å²) in [4.78, 5) is 23.2. The van der Waals surface area contributed by atoms with Crippen molar-refractivity contribution in [3.05, 3.63) is 39.4 Å². The molecule has 0 bridgehead atoms. The fraction of sp³-hybridized carbons (Fsp3) is 0.267. The number of carbonyl (C=O) groups is 2. The third-order valence-corrected chi connectivity index (χ3v) is 3.31. The van der Waals surface area contributed by atoms with Crippen molar-refractivity contribution in [1.82, 2.24) is 5.32 Å². The normalized spacial score (nSPS) is 10.7. The van der Waals surface area contributed by atoms with E-state index in [0.29, 0.717) is 22.0 Å². The minimum Gasteiger partial charge on any atom is -0.449 e. The van der Waals surface area contributed by atoms with Crippen molar-refractivity contribution in [2.75, 3.05) is 6.61 Å². The molecule has 0 aliphatic carbocycles. The second-order valence-electron chi connectivity index (χ2n) is 4.29. The summed E-state index contributed by atoms with van der Waals surface area (Å²) in [5, 5.41) is 11.7. The average molecular weight is 341 g/mol. The first-order valence-electron chi connectivity index (χ1n) is 6.53. The van der Waals surface area contributed by atoms with E-state index < -0.39 is 12.0 Å². The maximum Gasteiger partial charge on any atom is 0.414 e. The van der Waals surface area contributed by atoms with E-state index in [0.717, 1.165) is 6.42 Å². The molecule has 0 spiro atoms. The zero-order valence-electron chi connectivity index (χ0n) is 11.9. The van der Waals surface area contributed by atoms with Crippen LogP contribution in [-0.2, 0) is 9.53 Å². The van der Waals surface area contributed by atoms with E-state index in [4.69, 9.17) is 33.2 Å². The number of imide groups is 1. The van der Waals surface area contributed by atoms with Gasteiger partial charge in [-0.15, -0.1) is 0 Å². The largest absolute Gasteiger partial charge is 0.449 e. The van der Waals surface area contributed by atoms with Crippen LogP contribution in [0.5, 0.6) is 0 Å². The molecule has 0 aromatic heterocycles. The monoisotopic (exact) mass is 340 g/mol. The van der Waals surface area contributed by atoms with Gasteiger partial charge in [-0.25, -0.2) is 4.79 Å². The topological polar surface area (TPSA) is 79.2 Å². The first-order valence-corrected chi connectivity index (χ1v) is 7.28. The highest BCUT2D eigenvalue weighted by atomic mass is 35.5. The summed E-state index contributed by atoms with van der Waals surface area (Å²) >= 11 is 11.6. The van der Waals surface area contributed by atoms with E-state index in [1.54, 1.807) is 18.2 Å². The lowest BCUT2D eigenvalue weighted by Crippen LogP contribution is -2.32. The Morgan fingerprint density at radius 1 is 1.36 bits per heavy atom. The number of benzene rings is 1. The van der Waals surface area contributed by atoms with Crippen LogP contribution in [0.2, 0.25) is 10.0 Å². The highest BCUT2D eigenvalue weighted by Crippen LogP contribution is 2.23. The molecule has 0 saturated carbocycles. The minimum absolute atomic E-state index is 0.216. The number of halogens is 2. The molecule has 22 heavy (non-hydrogen) atoms. The summed E-state index contributed by atoms with van der Waals surface area (Å²) in [6, 6.07) is 6.37. The third kappa shape index (κ3) is 5.76. The summed E-state index contributed by atoms with van der Waals surface area (Å²) in [6.07, 6.45) is 1.98. The standard InChI is InChI=1S/C15H14Cl2N2O3/c1-2-3-6-22-15(21)19-14(20)11(9-18)7-10-4-5-12(16)13(17)8-10/h4-5,7-8H,2-3,6H2,1H3,(H,19,20,21)/b11-7+. The van der Waals surface area contributed by atoms with E-state index in [-0.39, 0.29) is 12.2 Å². The molecule has 1 aromatic rings. The van der Waals surface area contributed by atoms with E-state index in [1.807, 2.05) is 12.2 Å². The second-order valence-corrected chi connectivity index (χ2v) is 5.10. The first-order chi connectivity index (χ1) is 10.5. The summed E-state index contributed by atoms with van der Waals surface area (Å²) in [7, 11) is 0. The van der Waals surface area contributed by atoms with E-state index >= 15 is 0 Å². The average Bonchev–Trinajstić information content (AvgIpc) is 2.48. The lowest BCUT2D eigenvalue weighted by Gasteiger charge is -2.05. The molecule has 0 fully saturated rings. The van der Waals surface area contributed by atoms with Crippen LogP contribution in [0.15, 0.2) is 23.8 Å². The van der Waals surface area contributed by atoms with Gasteiger partial charge in [0, 0.05) is 0 Å². The lowest BCUT2D eigenvalue weighted by molar-refractivity contribution is -0.116. The molecule has 0 heterocycles. The third-order valence-electron chi connectivity index (χ3n) is 2.57. The van der Waals surface area contributed by atoms with Crippen molar-refractivity contribution in [3.63, 3.8) is 0 Å². The molecule has 1 N–H and O–H groups in total. The number of hydrogen-bond acceptors (Lipinski definition) is 4. The zero-order chi connectivity index (χ0) is 16.5. The van der Waals surface area contributed by atoms with E-state index in [2.05, 4.69) is 0 Å². The summed E-state index contributed by atoms with van der Waals surface area (Å²) < 4.78 is 4.79. The summed E-state index contributed by atoms with van der Waals surface area (Å²) in [6.45, 7) is 2.16. The maximum absolute atomic E-state index is 11.8. The van der Waals surface area contributed by atoms with Crippen LogP contribution in [-0.4, -0.2) is 18.6 Å². The molecule has 1 rings (SSSR count). The van der Waals surface area contributed by atoms with Crippen molar-refractivity contribution in [2.45, 2.75) is 19.8 Å². The highest BCUT2D eigenvalue weighted by molar-refractivity contribution is 6.42. The number of rotatable bonds is 5. The number of nitrogens with one attached hydrogen (secondary N) is 1. The van der Waals surface area contributed by atoms with Crippen molar-refractivity contribution in [1.29, 1.82) is 5.26 Å². The number of nitrogens with zero attached hydrogens (tertiary/aromatic N) is 1. The van der Waals surface area contributed by atoms with Crippen LogP contribution in [0.4, 0.5) is 4.79 Å². The van der Waals surface area contributed by atoms with E-state index in [9.17, 15) is 9.59 Å². The van der Waals surface area contributed by atoms with E-state index in [1.165, 1.54) is 12.1 Å². The maximum atomic E-state index is 11.8. The number of unbranched alkanes of at least 4 members (excludes halogenated alkanes) is 1. The second kappa shape index (κ2) is 9.08. The number of ether oxygens (including phenoxy) is 1. The fourth-order valence-electron chi connectivity index (χ4n) is 1.42. The Kier molecular flexibility index (Phi) is 7.44. The van der Waals surface area contributed by atoms with Crippen molar-refractivity contribution in [3.8, 4) is 6.07 Å². The molecule has 116 valence electrons. The molecule has 0 aliphatic rings. The number of hydrogen-bond donors (Lipinski definition) is 1. The number of alkyl carbamates (subject to hydrolysis) is 1. The van der Waals surface area contributed by atoms with Gasteiger partial charge in [0.05, 0.1) is 16.7 Å². The molecule has 0 aliphatic heterocycles. The predicted octanol–water partition coefficient (Wildman–Crippen LogP) is 3.95. The van der Waals surface area contributed by atoms with Gasteiger partial charge in [-0.1, -0.05) is 42.6 Å². The van der Waals surface area contributed by atoms with Crippen molar-refractivity contribution in [2.24, 2.45) is 0 Å². The molecule has 0 unspecified atom stereocenters. The minimum atomic E-state index is -0.881. The Balaban J connectivity index is 2.76. The van der Waals surface area contributed by atoms with Crippen LogP contribution < -0.4 is 5.32 Å².